The lowest BCUT2D eigenvalue weighted by molar-refractivity contribution is 0.0734. The van der Waals surface area contributed by atoms with Crippen molar-refractivity contribution in [1.82, 2.24) is 0 Å². The lowest BCUT2D eigenvalue weighted by atomic mass is 10.00. The largest absolute Gasteiger partial charge is 0.494 e. The number of esters is 1. The summed E-state index contributed by atoms with van der Waals surface area (Å²) in [7, 11) is 0. The minimum atomic E-state index is -0.373. The molecule has 47 heavy (non-hydrogen) atoms. The number of nitrogens with zero attached hydrogens (tertiary/aromatic N) is 1. The van der Waals surface area contributed by atoms with Crippen LogP contribution in [0.2, 0.25) is 0 Å². The highest BCUT2D eigenvalue weighted by Gasteiger charge is 2.11. The summed E-state index contributed by atoms with van der Waals surface area (Å²) in [5.41, 5.74) is 3.47. The maximum atomic E-state index is 12.6. The molecule has 4 rings (SSSR count). The smallest absolute Gasteiger partial charge is 0.343 e. The molecule has 0 aliphatic heterocycles. The molecule has 1 aliphatic carbocycles. The molecule has 0 saturated carbocycles. The van der Waals surface area contributed by atoms with Gasteiger partial charge in [0.1, 0.15) is 11.5 Å². The molecule has 0 radical (unpaired) electrons. The fourth-order valence-corrected chi connectivity index (χ4v) is 5.90. The van der Waals surface area contributed by atoms with Crippen molar-refractivity contribution in [1.29, 1.82) is 0 Å². The van der Waals surface area contributed by atoms with Crippen LogP contribution in [-0.4, -0.2) is 18.8 Å². The first-order valence-corrected chi connectivity index (χ1v) is 18.3. The molecule has 0 unspecified atom stereocenters. The van der Waals surface area contributed by atoms with Gasteiger partial charge in [0.05, 0.1) is 17.9 Å². The Morgan fingerprint density at radius 3 is 1.68 bits per heavy atom. The van der Waals surface area contributed by atoms with Gasteiger partial charge in [0.2, 0.25) is 0 Å². The number of carbonyl (C=O) groups excluding carboxylic acids is 1. The monoisotopic (exact) mass is 633 g/mol. The number of ether oxygens (including phenoxy) is 2. The number of carbonyl (C=O) groups is 1. The van der Waals surface area contributed by atoms with Crippen LogP contribution in [0.1, 0.15) is 137 Å². The number of hydrogen-bond acceptors (Lipinski definition) is 4. The van der Waals surface area contributed by atoms with Crippen molar-refractivity contribution in [3.05, 3.63) is 114 Å². The summed E-state index contributed by atoms with van der Waals surface area (Å²) in [6, 6.07) is 22.8. The van der Waals surface area contributed by atoms with Gasteiger partial charge < -0.3 is 9.47 Å². The van der Waals surface area contributed by atoms with Gasteiger partial charge in [-0.25, -0.2) is 4.79 Å². The van der Waals surface area contributed by atoms with Crippen molar-refractivity contribution in [3.63, 3.8) is 0 Å². The summed E-state index contributed by atoms with van der Waals surface area (Å²) >= 11 is 0. The molecule has 3 aromatic rings. The van der Waals surface area contributed by atoms with Crippen LogP contribution in [-0.2, 0) is 0 Å². The highest BCUT2D eigenvalue weighted by atomic mass is 16.5. The second kappa shape index (κ2) is 21.8. The molecular formula is C43H55NO3. The topological polar surface area (TPSA) is 47.9 Å². The Kier molecular flexibility index (Phi) is 16.7. The molecule has 0 amide bonds. The van der Waals surface area contributed by atoms with Crippen LogP contribution in [0.5, 0.6) is 11.5 Å². The third-order valence-corrected chi connectivity index (χ3v) is 8.84. The van der Waals surface area contributed by atoms with Gasteiger partial charge in [0.15, 0.2) is 0 Å². The lowest BCUT2D eigenvalue weighted by Crippen LogP contribution is -2.08. The number of hydrogen-bond donors (Lipinski definition) is 0. The van der Waals surface area contributed by atoms with Gasteiger partial charge in [-0.1, -0.05) is 140 Å². The normalized spacial score (nSPS) is 12.7. The van der Waals surface area contributed by atoms with E-state index in [4.69, 9.17) is 9.47 Å². The fourth-order valence-electron chi connectivity index (χ4n) is 5.90. The zero-order valence-corrected chi connectivity index (χ0v) is 28.6. The van der Waals surface area contributed by atoms with E-state index in [-0.39, 0.29) is 11.9 Å². The van der Waals surface area contributed by atoms with Gasteiger partial charge in [-0.2, -0.15) is 0 Å². The van der Waals surface area contributed by atoms with Crippen LogP contribution < -0.4 is 9.47 Å². The Hall–Kier alpha value is -3.92. The van der Waals surface area contributed by atoms with Gasteiger partial charge in [0, 0.05) is 12.1 Å². The molecule has 4 heteroatoms. The van der Waals surface area contributed by atoms with Crippen molar-refractivity contribution < 1.29 is 14.3 Å². The maximum absolute atomic E-state index is 12.6. The molecule has 0 saturated heterocycles. The van der Waals surface area contributed by atoms with Gasteiger partial charge in [0.25, 0.3) is 0 Å². The Balaban J connectivity index is 1.02. The van der Waals surface area contributed by atoms with Crippen molar-refractivity contribution >= 4 is 17.9 Å². The first-order chi connectivity index (χ1) is 23.2. The van der Waals surface area contributed by atoms with Crippen molar-refractivity contribution in [3.8, 4) is 11.5 Å². The van der Waals surface area contributed by atoms with E-state index in [1.165, 1.54) is 96.3 Å². The quantitative estimate of drug-likeness (QED) is 0.0452. The molecule has 0 spiro atoms. The number of benzene rings is 3. The Labute approximate surface area is 284 Å². The zero-order valence-electron chi connectivity index (χ0n) is 28.6. The van der Waals surface area contributed by atoms with Crippen LogP contribution in [0.25, 0.3) is 0 Å². The Bertz CT molecular complexity index is 1360. The van der Waals surface area contributed by atoms with Crippen molar-refractivity contribution in [2.24, 2.45) is 4.99 Å². The standard InChI is InChI=1S/C43H55NO3/c1-2-3-4-5-6-7-8-9-10-11-12-13-14-15-16-19-34-46-41-30-22-36(23-31-41)35-44-40-28-32-42(33-29-40)47-43(45)39-26-24-38(25-27-39)37-20-17-18-21-37/h17-18,20-33,35,37H,2-16,19,34H2,1H3. The van der Waals surface area contributed by atoms with Gasteiger partial charge in [-0.3, -0.25) is 4.99 Å². The molecule has 0 atom stereocenters. The first-order valence-electron chi connectivity index (χ1n) is 18.3. The third-order valence-electron chi connectivity index (χ3n) is 8.84. The van der Waals surface area contributed by atoms with Crippen LogP contribution in [0.3, 0.4) is 0 Å². The summed E-state index contributed by atoms with van der Waals surface area (Å²) in [4.78, 5) is 17.2. The average molecular weight is 634 g/mol. The minimum Gasteiger partial charge on any atom is -0.494 e. The van der Waals surface area contributed by atoms with E-state index in [0.717, 1.165) is 35.6 Å². The van der Waals surface area contributed by atoms with E-state index in [2.05, 4.69) is 24.1 Å². The SMILES string of the molecule is CCCCCCCCCCCCCCCCCCOc1ccc(C=Nc2ccc(OC(=O)c3ccc(C4C=CC=C4)cc3)cc2)cc1. The molecule has 0 aromatic heterocycles. The van der Waals surface area contributed by atoms with Crippen LogP contribution in [0.15, 0.2) is 102 Å². The van der Waals surface area contributed by atoms with Crippen LogP contribution in [0, 0.1) is 0 Å². The molecule has 1 aliphatic rings. The summed E-state index contributed by atoms with van der Waals surface area (Å²) in [5.74, 6) is 1.29. The molecule has 3 aromatic carbocycles. The Morgan fingerprint density at radius 1 is 0.617 bits per heavy atom. The second-order valence-electron chi connectivity index (χ2n) is 12.8. The predicted molar refractivity (Wildman–Crippen MR) is 198 cm³/mol. The number of unbranched alkanes of at least 4 members (excludes halogenated alkanes) is 15. The average Bonchev–Trinajstić information content (AvgIpc) is 3.65. The predicted octanol–water partition coefficient (Wildman–Crippen LogP) is 12.5. The highest BCUT2D eigenvalue weighted by molar-refractivity contribution is 5.91. The van der Waals surface area contributed by atoms with Crippen molar-refractivity contribution in [2.75, 3.05) is 6.61 Å². The second-order valence-corrected chi connectivity index (χ2v) is 12.8. The van der Waals surface area contributed by atoms with E-state index >= 15 is 0 Å². The summed E-state index contributed by atoms with van der Waals surface area (Å²) in [5, 5.41) is 0. The van der Waals surface area contributed by atoms with E-state index in [1.807, 2.05) is 79.0 Å². The molecular weight excluding hydrogens is 578 g/mol. The van der Waals surface area contributed by atoms with Gasteiger partial charge >= 0.3 is 5.97 Å². The van der Waals surface area contributed by atoms with E-state index in [1.54, 1.807) is 12.1 Å². The summed E-state index contributed by atoms with van der Waals surface area (Å²) in [6.45, 7) is 3.05. The van der Waals surface area contributed by atoms with Gasteiger partial charge in [-0.05, 0) is 78.2 Å². The molecule has 0 bridgehead atoms. The summed E-state index contributed by atoms with van der Waals surface area (Å²) < 4.78 is 11.5. The fraction of sp³-hybridized carbons (Fsp3) is 0.442. The molecule has 250 valence electrons. The van der Waals surface area contributed by atoms with Crippen LogP contribution in [0.4, 0.5) is 5.69 Å². The molecule has 4 nitrogen and oxygen atoms in total. The number of allylic oxidation sites excluding steroid dienone is 4. The first kappa shape index (κ1) is 35.9. The zero-order chi connectivity index (χ0) is 32.8. The van der Waals surface area contributed by atoms with E-state index < -0.39 is 0 Å². The van der Waals surface area contributed by atoms with Crippen molar-refractivity contribution in [2.45, 2.75) is 116 Å². The molecule has 0 heterocycles. The van der Waals surface area contributed by atoms with Gasteiger partial charge in [-0.15, -0.1) is 0 Å². The van der Waals surface area contributed by atoms with E-state index in [0.29, 0.717) is 11.3 Å². The van der Waals surface area contributed by atoms with E-state index in [9.17, 15) is 4.79 Å². The molecule has 0 fully saturated rings. The molecule has 0 N–H and O–H groups in total. The summed E-state index contributed by atoms with van der Waals surface area (Å²) in [6.07, 6.45) is 32.2. The third kappa shape index (κ3) is 14.2. The number of aliphatic imine (C=N–C) groups is 1. The highest BCUT2D eigenvalue weighted by Crippen LogP contribution is 2.24. The Morgan fingerprint density at radius 2 is 1.13 bits per heavy atom. The maximum Gasteiger partial charge on any atom is 0.343 e. The number of rotatable bonds is 23. The van der Waals surface area contributed by atoms with Crippen LogP contribution >= 0.6 is 0 Å². The lowest BCUT2D eigenvalue weighted by Gasteiger charge is -2.08. The minimum absolute atomic E-state index is 0.276.